The summed E-state index contributed by atoms with van der Waals surface area (Å²) in [7, 11) is 0. The fourth-order valence-electron chi connectivity index (χ4n) is 1.43. The topological polar surface area (TPSA) is 17.1 Å². The van der Waals surface area contributed by atoms with E-state index < -0.39 is 5.82 Å². The first-order valence-electron chi connectivity index (χ1n) is 4.83. The van der Waals surface area contributed by atoms with Crippen molar-refractivity contribution in [2.75, 3.05) is 0 Å². The number of rotatable bonds is 2. The van der Waals surface area contributed by atoms with Crippen molar-refractivity contribution in [1.82, 2.24) is 0 Å². The molecule has 0 amide bonds. The number of hydrogen-bond donors (Lipinski definition) is 0. The Kier molecular flexibility index (Phi) is 3.60. The van der Waals surface area contributed by atoms with Gasteiger partial charge in [0, 0.05) is 16.1 Å². The summed E-state index contributed by atoms with van der Waals surface area (Å²) in [6, 6.07) is 10.8. The largest absolute Gasteiger partial charge is 0.289 e. The minimum atomic E-state index is -0.396. The highest BCUT2D eigenvalue weighted by Gasteiger charge is 2.11. The average Bonchev–Trinajstić information content (AvgIpc) is 2.32. The third-order valence-corrected chi connectivity index (χ3v) is 3.11. The molecule has 0 aliphatic heterocycles. The molecule has 2 rings (SSSR count). The second kappa shape index (κ2) is 4.98. The third kappa shape index (κ3) is 2.73. The lowest BCUT2D eigenvalue weighted by Gasteiger charge is -2.03. The maximum Gasteiger partial charge on any atom is 0.193 e. The van der Waals surface area contributed by atoms with Gasteiger partial charge in [-0.2, -0.15) is 0 Å². The number of benzene rings is 2. The molecule has 17 heavy (non-hydrogen) atoms. The lowest BCUT2D eigenvalue weighted by molar-refractivity contribution is 0.103. The van der Waals surface area contributed by atoms with Gasteiger partial charge in [0.05, 0.1) is 4.47 Å². The molecule has 4 heteroatoms. The molecule has 0 bridgehead atoms. The number of hydrogen-bond acceptors (Lipinski definition) is 1. The molecule has 2 aromatic rings. The second-order valence-electron chi connectivity index (χ2n) is 3.47. The molecule has 0 aliphatic carbocycles. The molecule has 2 aromatic carbocycles. The van der Waals surface area contributed by atoms with Crippen LogP contribution in [-0.4, -0.2) is 5.78 Å². The van der Waals surface area contributed by atoms with Crippen LogP contribution in [-0.2, 0) is 0 Å². The molecule has 0 spiro atoms. The van der Waals surface area contributed by atoms with Crippen molar-refractivity contribution in [1.29, 1.82) is 0 Å². The van der Waals surface area contributed by atoms with Gasteiger partial charge in [0.2, 0.25) is 0 Å². The molecule has 86 valence electrons. The lowest BCUT2D eigenvalue weighted by atomic mass is 10.0. The Balaban J connectivity index is 2.40. The van der Waals surface area contributed by atoms with Crippen LogP contribution in [0.4, 0.5) is 4.39 Å². The maximum atomic E-state index is 13.0. The highest BCUT2D eigenvalue weighted by atomic mass is 79.9. The van der Waals surface area contributed by atoms with Gasteiger partial charge in [-0.25, -0.2) is 4.39 Å². The van der Waals surface area contributed by atoms with E-state index in [-0.39, 0.29) is 10.3 Å². The van der Waals surface area contributed by atoms with Crippen molar-refractivity contribution in [3.8, 4) is 0 Å². The van der Waals surface area contributed by atoms with Crippen LogP contribution < -0.4 is 0 Å². The molecular weight excluding hydrogens is 306 g/mol. The first-order valence-corrected chi connectivity index (χ1v) is 6.00. The normalized spacial score (nSPS) is 10.3. The van der Waals surface area contributed by atoms with E-state index in [1.807, 2.05) is 0 Å². The maximum absolute atomic E-state index is 13.0. The van der Waals surface area contributed by atoms with Gasteiger partial charge in [0.25, 0.3) is 0 Å². The number of carbonyl (C=O) groups is 1. The summed E-state index contributed by atoms with van der Waals surface area (Å²) in [5.74, 6) is -0.583. The smallest absolute Gasteiger partial charge is 0.193 e. The van der Waals surface area contributed by atoms with Crippen molar-refractivity contribution in [3.05, 3.63) is 68.9 Å². The second-order valence-corrected chi connectivity index (χ2v) is 4.76. The van der Waals surface area contributed by atoms with Crippen LogP contribution in [0.2, 0.25) is 5.02 Å². The summed E-state index contributed by atoms with van der Waals surface area (Å²) in [5, 5.41) is 0.497. The summed E-state index contributed by atoms with van der Waals surface area (Å²) >= 11 is 8.86. The van der Waals surface area contributed by atoms with Gasteiger partial charge < -0.3 is 0 Å². The van der Waals surface area contributed by atoms with Crippen LogP contribution in [0.15, 0.2) is 46.9 Å². The van der Waals surface area contributed by atoms with Gasteiger partial charge in [0.1, 0.15) is 5.82 Å². The number of halogens is 3. The summed E-state index contributed by atoms with van der Waals surface area (Å²) in [6.45, 7) is 0. The zero-order valence-corrected chi connectivity index (χ0v) is 10.9. The summed E-state index contributed by atoms with van der Waals surface area (Å²) < 4.78 is 13.3. The van der Waals surface area contributed by atoms with E-state index in [1.165, 1.54) is 18.2 Å². The lowest BCUT2D eigenvalue weighted by Crippen LogP contribution is -2.01. The van der Waals surface area contributed by atoms with Crippen LogP contribution in [0.25, 0.3) is 0 Å². The van der Waals surface area contributed by atoms with E-state index in [0.29, 0.717) is 16.1 Å². The Bertz CT molecular complexity index is 583. The predicted octanol–water partition coefficient (Wildman–Crippen LogP) is 4.47. The minimum Gasteiger partial charge on any atom is -0.289 e. The van der Waals surface area contributed by atoms with Crippen molar-refractivity contribution in [2.45, 2.75) is 0 Å². The fourth-order valence-corrected chi connectivity index (χ4v) is 2.00. The highest BCUT2D eigenvalue weighted by molar-refractivity contribution is 9.10. The standard InChI is InChI=1S/C13H7BrClFO/c14-11-7-9(4-5-12(11)16)13(17)8-2-1-3-10(15)6-8/h1-7H. The Morgan fingerprint density at radius 2 is 1.82 bits per heavy atom. The SMILES string of the molecule is O=C(c1cccc(Cl)c1)c1ccc(F)c(Br)c1. The quantitative estimate of drug-likeness (QED) is 0.748. The molecule has 0 heterocycles. The van der Waals surface area contributed by atoms with E-state index in [2.05, 4.69) is 15.9 Å². The molecule has 0 atom stereocenters. The van der Waals surface area contributed by atoms with Gasteiger partial charge in [-0.05, 0) is 46.3 Å². The van der Waals surface area contributed by atoms with Crippen LogP contribution in [0.5, 0.6) is 0 Å². The minimum absolute atomic E-state index is 0.187. The predicted molar refractivity (Wildman–Crippen MR) is 69.0 cm³/mol. The van der Waals surface area contributed by atoms with Crippen molar-refractivity contribution in [3.63, 3.8) is 0 Å². The van der Waals surface area contributed by atoms with Gasteiger partial charge in [-0.1, -0.05) is 23.7 Å². The molecule has 0 aromatic heterocycles. The summed E-state index contributed by atoms with van der Waals surface area (Å²) in [6.07, 6.45) is 0. The molecular formula is C13H7BrClFO. The fraction of sp³-hybridized carbons (Fsp3) is 0. The van der Waals surface area contributed by atoms with E-state index in [0.717, 1.165) is 0 Å². The van der Waals surface area contributed by atoms with Gasteiger partial charge >= 0.3 is 0 Å². The van der Waals surface area contributed by atoms with Crippen LogP contribution in [0.3, 0.4) is 0 Å². The highest BCUT2D eigenvalue weighted by Crippen LogP contribution is 2.20. The molecule has 1 nitrogen and oxygen atoms in total. The van der Waals surface area contributed by atoms with E-state index in [4.69, 9.17) is 11.6 Å². The summed E-state index contributed by atoms with van der Waals surface area (Å²) in [5.41, 5.74) is 0.900. The molecule has 0 fully saturated rings. The van der Waals surface area contributed by atoms with E-state index in [9.17, 15) is 9.18 Å². The average molecular weight is 314 g/mol. The Morgan fingerprint density at radius 1 is 1.12 bits per heavy atom. The molecule has 0 radical (unpaired) electrons. The first kappa shape index (κ1) is 12.3. The van der Waals surface area contributed by atoms with Crippen LogP contribution in [0.1, 0.15) is 15.9 Å². The van der Waals surface area contributed by atoms with Crippen molar-refractivity contribution in [2.24, 2.45) is 0 Å². The first-order chi connectivity index (χ1) is 8.08. The summed E-state index contributed by atoms with van der Waals surface area (Å²) in [4.78, 5) is 12.1. The number of ketones is 1. The molecule has 0 N–H and O–H groups in total. The zero-order chi connectivity index (χ0) is 12.4. The monoisotopic (exact) mass is 312 g/mol. The Hall–Kier alpha value is -1.19. The van der Waals surface area contributed by atoms with E-state index in [1.54, 1.807) is 24.3 Å². The molecule has 0 unspecified atom stereocenters. The van der Waals surface area contributed by atoms with Gasteiger partial charge in [-0.3, -0.25) is 4.79 Å². The van der Waals surface area contributed by atoms with Gasteiger partial charge in [0.15, 0.2) is 5.78 Å². The molecule has 0 aliphatic rings. The third-order valence-electron chi connectivity index (χ3n) is 2.27. The van der Waals surface area contributed by atoms with Crippen LogP contribution in [0, 0.1) is 5.82 Å². The Labute approximate surface area is 111 Å². The van der Waals surface area contributed by atoms with Crippen LogP contribution >= 0.6 is 27.5 Å². The number of carbonyl (C=O) groups excluding carboxylic acids is 1. The van der Waals surface area contributed by atoms with Crippen molar-refractivity contribution >= 4 is 33.3 Å². The molecule has 0 saturated heterocycles. The zero-order valence-electron chi connectivity index (χ0n) is 8.58. The molecule has 0 saturated carbocycles. The Morgan fingerprint density at radius 3 is 2.47 bits per heavy atom. The van der Waals surface area contributed by atoms with Crippen molar-refractivity contribution < 1.29 is 9.18 Å². The van der Waals surface area contributed by atoms with E-state index >= 15 is 0 Å². The van der Waals surface area contributed by atoms with Gasteiger partial charge in [-0.15, -0.1) is 0 Å².